The third-order valence-electron chi connectivity index (χ3n) is 6.71. The lowest BCUT2D eigenvalue weighted by Gasteiger charge is -2.33. The number of nitrogens with two attached hydrogens (primary N) is 1. The van der Waals surface area contributed by atoms with E-state index in [2.05, 4.69) is 20.2 Å². The Morgan fingerprint density at radius 2 is 2.00 bits per heavy atom. The summed E-state index contributed by atoms with van der Waals surface area (Å²) in [6, 6.07) is 13.1. The fourth-order valence-corrected chi connectivity index (χ4v) is 4.76. The number of likely N-dealkylation sites (tertiary alicyclic amines) is 1. The summed E-state index contributed by atoms with van der Waals surface area (Å²) in [7, 11) is 1.67. The molecule has 6 rings (SSSR count). The number of carbonyl (C=O) groups excluding carboxylic acids is 1. The molecule has 4 aromatic heterocycles. The molecule has 1 fully saturated rings. The highest BCUT2D eigenvalue weighted by Crippen LogP contribution is 2.34. The normalized spacial score (nSPS) is 17.9. The Hall–Kier alpha value is -4.25. The SMILES string of the molecule is COC1CCN(C(=O)C(C)(c2ccccc2)n2ncc3c2nc(N)n2nc(-c4ccco4)nc32)C1. The van der Waals surface area contributed by atoms with Crippen LogP contribution in [0.3, 0.4) is 0 Å². The van der Waals surface area contributed by atoms with Crippen molar-refractivity contribution in [3.05, 3.63) is 60.5 Å². The van der Waals surface area contributed by atoms with E-state index < -0.39 is 5.54 Å². The van der Waals surface area contributed by atoms with Gasteiger partial charge in [0.15, 0.2) is 22.6 Å². The topological polar surface area (TPSA) is 130 Å². The summed E-state index contributed by atoms with van der Waals surface area (Å²) in [4.78, 5) is 25.1. The van der Waals surface area contributed by atoms with Crippen molar-refractivity contribution in [1.82, 2.24) is 34.3 Å². The maximum atomic E-state index is 14.1. The minimum Gasteiger partial charge on any atom is -0.461 e. The maximum Gasteiger partial charge on any atom is 0.255 e. The highest BCUT2D eigenvalue weighted by Gasteiger charge is 2.44. The van der Waals surface area contributed by atoms with Gasteiger partial charge in [0.05, 0.1) is 24.0 Å². The lowest BCUT2D eigenvalue weighted by molar-refractivity contribution is -0.137. The van der Waals surface area contributed by atoms with Gasteiger partial charge in [-0.3, -0.25) is 4.79 Å². The van der Waals surface area contributed by atoms with Crippen LogP contribution < -0.4 is 5.73 Å². The molecule has 1 aliphatic heterocycles. The Kier molecular flexibility index (Phi) is 4.81. The number of benzene rings is 1. The van der Waals surface area contributed by atoms with E-state index in [-0.39, 0.29) is 18.0 Å². The van der Waals surface area contributed by atoms with Gasteiger partial charge in [0.1, 0.15) is 0 Å². The van der Waals surface area contributed by atoms with E-state index in [4.69, 9.17) is 14.9 Å². The van der Waals surface area contributed by atoms with Crippen LogP contribution in [0.1, 0.15) is 18.9 Å². The van der Waals surface area contributed by atoms with Crippen LogP contribution in [-0.4, -0.2) is 66.5 Å². The standard InChI is InChI=1S/C24H24N8O3/c1-24(15-7-4-3-5-8-15,22(33)30-11-10-16(14-30)34-2)32-21-17(13-26-32)20-27-19(18-9-6-12-35-18)29-31(20)23(25)28-21/h3-9,12-13,16H,10-11,14H2,1-2H3,(H2,25,28). The number of carbonyl (C=O) groups is 1. The van der Waals surface area contributed by atoms with Crippen LogP contribution in [0.5, 0.6) is 0 Å². The maximum absolute atomic E-state index is 14.1. The minimum absolute atomic E-state index is 0.0118. The van der Waals surface area contributed by atoms with Crippen molar-refractivity contribution in [3.63, 3.8) is 0 Å². The van der Waals surface area contributed by atoms with E-state index in [1.807, 2.05) is 42.2 Å². The number of ether oxygens (including phenoxy) is 1. The first-order valence-electron chi connectivity index (χ1n) is 11.3. The number of methoxy groups -OCH3 is 1. The quantitative estimate of drug-likeness (QED) is 0.413. The summed E-state index contributed by atoms with van der Waals surface area (Å²) >= 11 is 0. The van der Waals surface area contributed by atoms with Gasteiger partial charge in [-0.1, -0.05) is 30.3 Å². The van der Waals surface area contributed by atoms with E-state index in [1.165, 1.54) is 4.52 Å². The Balaban J connectivity index is 1.54. The largest absolute Gasteiger partial charge is 0.461 e. The second-order valence-electron chi connectivity index (χ2n) is 8.75. The number of nitrogens with zero attached hydrogens (tertiary/aromatic N) is 7. The molecule has 0 radical (unpaired) electrons. The van der Waals surface area contributed by atoms with Crippen LogP contribution in [0.2, 0.25) is 0 Å². The molecule has 1 saturated heterocycles. The predicted molar refractivity (Wildman–Crippen MR) is 127 cm³/mol. The fourth-order valence-electron chi connectivity index (χ4n) is 4.76. The van der Waals surface area contributed by atoms with Crippen LogP contribution in [0.25, 0.3) is 28.3 Å². The number of amides is 1. The van der Waals surface area contributed by atoms with Crippen LogP contribution in [0, 0.1) is 0 Å². The molecule has 1 aliphatic rings. The summed E-state index contributed by atoms with van der Waals surface area (Å²) in [5.74, 6) is 0.933. The summed E-state index contributed by atoms with van der Waals surface area (Å²) in [5.41, 5.74) is 6.83. The average molecular weight is 473 g/mol. The molecular formula is C24H24N8O3. The summed E-state index contributed by atoms with van der Waals surface area (Å²) < 4.78 is 14.0. The van der Waals surface area contributed by atoms with Gasteiger partial charge in [-0.2, -0.15) is 14.6 Å². The van der Waals surface area contributed by atoms with Crippen molar-refractivity contribution in [1.29, 1.82) is 0 Å². The number of fused-ring (bicyclic) bond motifs is 3. The number of anilines is 1. The molecule has 0 saturated carbocycles. The van der Waals surface area contributed by atoms with E-state index in [1.54, 1.807) is 36.4 Å². The van der Waals surface area contributed by atoms with Gasteiger partial charge in [0.2, 0.25) is 11.8 Å². The molecule has 2 atom stereocenters. The van der Waals surface area contributed by atoms with Gasteiger partial charge < -0.3 is 19.8 Å². The molecule has 11 nitrogen and oxygen atoms in total. The Morgan fingerprint density at radius 1 is 1.17 bits per heavy atom. The molecule has 0 spiro atoms. The van der Waals surface area contributed by atoms with Crippen molar-refractivity contribution >= 4 is 28.5 Å². The second kappa shape index (κ2) is 7.91. The molecule has 1 amide bonds. The van der Waals surface area contributed by atoms with Crippen molar-refractivity contribution in [2.45, 2.75) is 25.0 Å². The lowest BCUT2D eigenvalue weighted by atomic mass is 9.90. The molecule has 0 aliphatic carbocycles. The highest BCUT2D eigenvalue weighted by molar-refractivity contribution is 5.94. The van der Waals surface area contributed by atoms with Gasteiger partial charge in [-0.15, -0.1) is 5.10 Å². The van der Waals surface area contributed by atoms with Crippen LogP contribution in [0.15, 0.2) is 59.3 Å². The minimum atomic E-state index is -1.17. The highest BCUT2D eigenvalue weighted by atomic mass is 16.5. The smallest absolute Gasteiger partial charge is 0.255 e. The van der Waals surface area contributed by atoms with E-state index >= 15 is 0 Å². The van der Waals surface area contributed by atoms with Crippen LogP contribution in [-0.2, 0) is 15.1 Å². The lowest BCUT2D eigenvalue weighted by Crippen LogP contribution is -2.49. The first kappa shape index (κ1) is 21.3. The molecule has 2 N–H and O–H groups in total. The molecule has 178 valence electrons. The second-order valence-corrected chi connectivity index (χ2v) is 8.75. The molecule has 0 bridgehead atoms. The average Bonchev–Trinajstić information content (AvgIpc) is 3.68. The Labute approximate surface area is 200 Å². The van der Waals surface area contributed by atoms with E-state index in [0.717, 1.165) is 12.0 Å². The predicted octanol–water partition coefficient (Wildman–Crippen LogP) is 2.33. The number of hydrogen-bond acceptors (Lipinski definition) is 8. The molecule has 5 aromatic rings. The molecule has 5 heterocycles. The zero-order valence-electron chi connectivity index (χ0n) is 19.3. The third kappa shape index (κ3) is 3.19. The summed E-state index contributed by atoms with van der Waals surface area (Å²) in [6.07, 6.45) is 4.00. The molecule has 2 unspecified atom stereocenters. The van der Waals surface area contributed by atoms with Gasteiger partial charge in [0, 0.05) is 20.2 Å². The van der Waals surface area contributed by atoms with E-state index in [9.17, 15) is 4.79 Å². The van der Waals surface area contributed by atoms with Crippen molar-refractivity contribution in [2.24, 2.45) is 0 Å². The van der Waals surface area contributed by atoms with Crippen LogP contribution >= 0.6 is 0 Å². The number of rotatable bonds is 5. The Bertz CT molecular complexity index is 1520. The number of furan rings is 1. The van der Waals surface area contributed by atoms with Crippen LogP contribution in [0.4, 0.5) is 5.95 Å². The fraction of sp³-hybridized carbons (Fsp3) is 0.292. The first-order chi connectivity index (χ1) is 17.0. The van der Waals surface area contributed by atoms with E-state index in [0.29, 0.717) is 41.4 Å². The van der Waals surface area contributed by atoms with Crippen molar-refractivity contribution in [3.8, 4) is 11.6 Å². The monoisotopic (exact) mass is 472 g/mol. The zero-order valence-corrected chi connectivity index (χ0v) is 19.3. The number of hydrogen-bond donors (Lipinski definition) is 1. The first-order valence-corrected chi connectivity index (χ1v) is 11.3. The van der Waals surface area contributed by atoms with Gasteiger partial charge >= 0.3 is 0 Å². The third-order valence-corrected chi connectivity index (χ3v) is 6.71. The molecule has 11 heteroatoms. The number of nitrogen functional groups attached to an aromatic ring is 1. The van der Waals surface area contributed by atoms with Gasteiger partial charge in [-0.25, -0.2) is 9.67 Å². The van der Waals surface area contributed by atoms with Gasteiger partial charge in [-0.05, 0) is 31.0 Å². The summed E-state index contributed by atoms with van der Waals surface area (Å²) in [6.45, 7) is 2.99. The van der Waals surface area contributed by atoms with Crippen molar-refractivity contribution in [2.75, 3.05) is 25.9 Å². The molecule has 35 heavy (non-hydrogen) atoms. The zero-order chi connectivity index (χ0) is 24.2. The Morgan fingerprint density at radius 3 is 2.71 bits per heavy atom. The number of aromatic nitrogens is 6. The molecular weight excluding hydrogens is 448 g/mol. The van der Waals surface area contributed by atoms with Gasteiger partial charge in [0.25, 0.3) is 5.91 Å². The van der Waals surface area contributed by atoms with Crippen molar-refractivity contribution < 1.29 is 13.9 Å². The summed E-state index contributed by atoms with van der Waals surface area (Å²) in [5, 5.41) is 9.72. The molecule has 1 aromatic carbocycles.